The predicted octanol–water partition coefficient (Wildman–Crippen LogP) is 2.56. The topological polar surface area (TPSA) is 78.4 Å². The first-order valence-electron chi connectivity index (χ1n) is 7.46. The van der Waals surface area contributed by atoms with E-state index in [1.165, 1.54) is 6.42 Å². The van der Waals surface area contributed by atoms with Gasteiger partial charge in [0.25, 0.3) is 5.91 Å². The van der Waals surface area contributed by atoms with Crippen LogP contribution in [0.4, 0.5) is 0 Å². The van der Waals surface area contributed by atoms with E-state index in [9.17, 15) is 9.59 Å². The second-order valence-electron chi connectivity index (χ2n) is 5.63. The lowest BCUT2D eigenvalue weighted by atomic mass is 9.88. The summed E-state index contributed by atoms with van der Waals surface area (Å²) in [6.45, 7) is 1.90. The number of nitrogens with one attached hydrogen (secondary N) is 2. The quantitative estimate of drug-likeness (QED) is 0.589. The van der Waals surface area contributed by atoms with Gasteiger partial charge in [0.1, 0.15) is 0 Å². The number of hydrogen-bond acceptors (Lipinski definition) is 3. The van der Waals surface area contributed by atoms with Gasteiger partial charge in [0, 0.05) is 11.5 Å². The summed E-state index contributed by atoms with van der Waals surface area (Å²) in [7, 11) is 0. The lowest BCUT2D eigenvalue weighted by Crippen LogP contribution is -2.33. The second kappa shape index (κ2) is 7.22. The average molecular weight is 290 g/mol. The van der Waals surface area contributed by atoms with E-state index in [-0.39, 0.29) is 17.9 Å². The standard InChI is InChI=1S/C16H22N2O3/c1-11(17-15(19)12-6-3-2-4-7-12)13-8-5-9-14(10-13)16(20)18-21/h5,8-12,21H,2-4,6-7H2,1H3,(H,17,19)(H,18,20). The van der Waals surface area contributed by atoms with Crippen LogP contribution in [0.2, 0.25) is 0 Å². The Morgan fingerprint density at radius 3 is 2.62 bits per heavy atom. The molecule has 114 valence electrons. The zero-order chi connectivity index (χ0) is 15.2. The Morgan fingerprint density at radius 1 is 1.24 bits per heavy atom. The fourth-order valence-electron chi connectivity index (χ4n) is 2.79. The molecule has 5 nitrogen and oxygen atoms in total. The Labute approximate surface area is 124 Å². The smallest absolute Gasteiger partial charge is 0.274 e. The number of amides is 2. The number of benzene rings is 1. The highest BCUT2D eigenvalue weighted by atomic mass is 16.5. The summed E-state index contributed by atoms with van der Waals surface area (Å²) < 4.78 is 0. The minimum Gasteiger partial charge on any atom is -0.349 e. The molecule has 0 saturated heterocycles. The summed E-state index contributed by atoms with van der Waals surface area (Å²) >= 11 is 0. The Kier molecular flexibility index (Phi) is 5.33. The van der Waals surface area contributed by atoms with Crippen molar-refractivity contribution in [1.82, 2.24) is 10.8 Å². The first-order valence-corrected chi connectivity index (χ1v) is 7.46. The van der Waals surface area contributed by atoms with Gasteiger partial charge in [-0.15, -0.1) is 0 Å². The van der Waals surface area contributed by atoms with Crippen molar-refractivity contribution in [1.29, 1.82) is 0 Å². The summed E-state index contributed by atoms with van der Waals surface area (Å²) in [4.78, 5) is 23.6. The summed E-state index contributed by atoms with van der Waals surface area (Å²) in [6, 6.07) is 6.73. The third kappa shape index (κ3) is 4.04. The second-order valence-corrected chi connectivity index (χ2v) is 5.63. The average Bonchev–Trinajstić information content (AvgIpc) is 2.55. The minimum atomic E-state index is -0.553. The fraction of sp³-hybridized carbons (Fsp3) is 0.500. The molecule has 0 aliphatic heterocycles. The van der Waals surface area contributed by atoms with Crippen LogP contribution >= 0.6 is 0 Å². The number of carbonyl (C=O) groups is 2. The first kappa shape index (κ1) is 15.5. The van der Waals surface area contributed by atoms with Crippen LogP contribution in [0.5, 0.6) is 0 Å². The molecule has 0 spiro atoms. The fourth-order valence-corrected chi connectivity index (χ4v) is 2.79. The van der Waals surface area contributed by atoms with E-state index in [2.05, 4.69) is 5.32 Å². The van der Waals surface area contributed by atoms with Crippen LogP contribution in [0.3, 0.4) is 0 Å². The van der Waals surface area contributed by atoms with Gasteiger partial charge in [-0.3, -0.25) is 14.8 Å². The summed E-state index contributed by atoms with van der Waals surface area (Å²) in [6.07, 6.45) is 5.39. The van der Waals surface area contributed by atoms with Crippen molar-refractivity contribution in [3.05, 3.63) is 35.4 Å². The van der Waals surface area contributed by atoms with Crippen molar-refractivity contribution in [2.45, 2.75) is 45.1 Å². The highest BCUT2D eigenvalue weighted by Gasteiger charge is 2.22. The monoisotopic (exact) mass is 290 g/mol. The van der Waals surface area contributed by atoms with Gasteiger partial charge < -0.3 is 5.32 Å². The van der Waals surface area contributed by atoms with Crippen LogP contribution < -0.4 is 10.8 Å². The Bertz CT molecular complexity index is 510. The molecule has 1 unspecified atom stereocenters. The molecule has 1 aliphatic carbocycles. The van der Waals surface area contributed by atoms with Gasteiger partial charge in [-0.1, -0.05) is 31.4 Å². The zero-order valence-corrected chi connectivity index (χ0v) is 12.3. The molecule has 21 heavy (non-hydrogen) atoms. The van der Waals surface area contributed by atoms with Crippen molar-refractivity contribution in [2.24, 2.45) is 5.92 Å². The van der Waals surface area contributed by atoms with Crippen molar-refractivity contribution in [3.8, 4) is 0 Å². The molecule has 3 N–H and O–H groups in total. The molecule has 0 radical (unpaired) electrons. The van der Waals surface area contributed by atoms with E-state index in [4.69, 9.17) is 5.21 Å². The molecule has 0 aromatic heterocycles. The van der Waals surface area contributed by atoms with Crippen LogP contribution in [-0.4, -0.2) is 17.0 Å². The predicted molar refractivity (Wildman–Crippen MR) is 78.8 cm³/mol. The summed E-state index contributed by atoms with van der Waals surface area (Å²) in [5.74, 6) is -0.341. The van der Waals surface area contributed by atoms with Gasteiger partial charge in [-0.25, -0.2) is 5.48 Å². The van der Waals surface area contributed by atoms with Gasteiger partial charge in [0.2, 0.25) is 5.91 Å². The SMILES string of the molecule is CC(NC(=O)C1CCCCC1)c1cccc(C(=O)NO)c1. The van der Waals surface area contributed by atoms with Gasteiger partial charge in [0.15, 0.2) is 0 Å². The Balaban J connectivity index is 2.00. The zero-order valence-electron chi connectivity index (χ0n) is 12.3. The molecule has 1 atom stereocenters. The number of carbonyl (C=O) groups excluding carboxylic acids is 2. The molecule has 2 rings (SSSR count). The molecule has 1 fully saturated rings. The van der Waals surface area contributed by atoms with E-state index in [0.29, 0.717) is 5.56 Å². The number of hydrogen-bond donors (Lipinski definition) is 3. The van der Waals surface area contributed by atoms with Crippen LogP contribution in [0, 0.1) is 5.92 Å². The van der Waals surface area contributed by atoms with Crippen molar-refractivity contribution in [2.75, 3.05) is 0 Å². The normalized spacial score (nSPS) is 17.0. The molecule has 0 heterocycles. The molecular weight excluding hydrogens is 268 g/mol. The maximum Gasteiger partial charge on any atom is 0.274 e. The summed E-state index contributed by atoms with van der Waals surface area (Å²) in [5, 5.41) is 11.7. The van der Waals surface area contributed by atoms with Gasteiger partial charge in [0.05, 0.1) is 6.04 Å². The summed E-state index contributed by atoms with van der Waals surface area (Å²) in [5.41, 5.74) is 2.83. The molecule has 1 saturated carbocycles. The molecule has 0 bridgehead atoms. The molecule has 5 heteroatoms. The maximum absolute atomic E-state index is 12.2. The highest BCUT2D eigenvalue weighted by Crippen LogP contribution is 2.24. The van der Waals surface area contributed by atoms with Crippen molar-refractivity contribution >= 4 is 11.8 Å². The van der Waals surface area contributed by atoms with Crippen LogP contribution in [-0.2, 0) is 4.79 Å². The number of rotatable bonds is 4. The molecule has 2 amide bonds. The van der Waals surface area contributed by atoms with Crippen LogP contribution in [0.1, 0.15) is 61.0 Å². The lowest BCUT2D eigenvalue weighted by molar-refractivity contribution is -0.126. The molecule has 1 aromatic carbocycles. The van der Waals surface area contributed by atoms with E-state index in [0.717, 1.165) is 31.2 Å². The minimum absolute atomic E-state index is 0.0965. The van der Waals surface area contributed by atoms with Crippen LogP contribution in [0.15, 0.2) is 24.3 Å². The third-order valence-corrected chi connectivity index (χ3v) is 4.09. The van der Waals surface area contributed by atoms with E-state index in [1.54, 1.807) is 23.7 Å². The van der Waals surface area contributed by atoms with E-state index >= 15 is 0 Å². The Hall–Kier alpha value is -1.88. The molecule has 1 aliphatic rings. The van der Waals surface area contributed by atoms with Crippen molar-refractivity contribution in [3.63, 3.8) is 0 Å². The Morgan fingerprint density at radius 2 is 1.95 bits per heavy atom. The van der Waals surface area contributed by atoms with Crippen molar-refractivity contribution < 1.29 is 14.8 Å². The molecule has 1 aromatic rings. The maximum atomic E-state index is 12.2. The lowest BCUT2D eigenvalue weighted by Gasteiger charge is -2.23. The van der Waals surface area contributed by atoms with Gasteiger partial charge in [-0.05, 0) is 37.5 Å². The third-order valence-electron chi connectivity index (χ3n) is 4.09. The van der Waals surface area contributed by atoms with Crippen LogP contribution in [0.25, 0.3) is 0 Å². The van der Waals surface area contributed by atoms with E-state index < -0.39 is 5.91 Å². The van der Waals surface area contributed by atoms with Gasteiger partial charge in [-0.2, -0.15) is 0 Å². The highest BCUT2D eigenvalue weighted by molar-refractivity contribution is 5.93. The van der Waals surface area contributed by atoms with E-state index in [1.807, 2.05) is 13.0 Å². The number of hydroxylamine groups is 1. The molecular formula is C16H22N2O3. The first-order chi connectivity index (χ1) is 10.1. The van der Waals surface area contributed by atoms with Gasteiger partial charge >= 0.3 is 0 Å². The largest absolute Gasteiger partial charge is 0.349 e.